The topological polar surface area (TPSA) is 12.0 Å². The van der Waals surface area contributed by atoms with Gasteiger partial charge in [-0.15, -0.1) is 0 Å². The van der Waals surface area contributed by atoms with Gasteiger partial charge in [-0.2, -0.15) is 0 Å². The number of nitrogens with one attached hydrogen (secondary N) is 1. The van der Waals surface area contributed by atoms with Gasteiger partial charge < -0.3 is 5.32 Å². The summed E-state index contributed by atoms with van der Waals surface area (Å²) in [4.78, 5) is 0. The molecule has 0 aliphatic heterocycles. The predicted octanol–water partition coefficient (Wildman–Crippen LogP) is 6.21. The first kappa shape index (κ1) is 16.4. The molecule has 1 saturated carbocycles. The Morgan fingerprint density at radius 3 is 2.40 bits per heavy atom. The predicted molar refractivity (Wildman–Crippen MR) is 97.6 cm³/mol. The fraction of sp³-hybridized carbons (Fsp3) is 0.647. The molecule has 0 heterocycles. The van der Waals surface area contributed by atoms with E-state index in [2.05, 4.69) is 54.7 Å². The Labute approximate surface area is 142 Å². The second kappa shape index (κ2) is 6.87. The van der Waals surface area contributed by atoms with Gasteiger partial charge in [0.2, 0.25) is 0 Å². The van der Waals surface area contributed by atoms with E-state index in [9.17, 15) is 0 Å². The van der Waals surface area contributed by atoms with Crippen LogP contribution in [0.1, 0.15) is 46.5 Å². The van der Waals surface area contributed by atoms with Gasteiger partial charge in [0.15, 0.2) is 0 Å². The highest BCUT2D eigenvalue weighted by Crippen LogP contribution is 2.39. The fourth-order valence-corrected chi connectivity index (χ4v) is 4.18. The zero-order chi connectivity index (χ0) is 14.8. The molecule has 0 atom stereocenters. The van der Waals surface area contributed by atoms with Crippen molar-refractivity contribution in [3.05, 3.63) is 26.8 Å². The van der Waals surface area contributed by atoms with Crippen LogP contribution in [0.2, 0.25) is 5.02 Å². The van der Waals surface area contributed by atoms with E-state index in [4.69, 9.17) is 11.6 Å². The Morgan fingerprint density at radius 2 is 1.85 bits per heavy atom. The zero-order valence-corrected chi connectivity index (χ0v) is 15.6. The molecule has 2 rings (SSSR count). The summed E-state index contributed by atoms with van der Waals surface area (Å²) in [5, 5.41) is 4.41. The van der Waals surface area contributed by atoms with Gasteiger partial charge in [0.25, 0.3) is 0 Å². The van der Waals surface area contributed by atoms with Crippen molar-refractivity contribution in [3.63, 3.8) is 0 Å². The Balaban J connectivity index is 1.82. The molecule has 0 unspecified atom stereocenters. The Hall–Kier alpha value is 0.0400. The molecule has 1 aromatic rings. The Bertz CT molecular complexity index is 445. The molecule has 0 amide bonds. The van der Waals surface area contributed by atoms with Crippen molar-refractivity contribution in [1.29, 1.82) is 0 Å². The second-order valence-corrected chi connectivity index (χ2v) is 8.69. The summed E-state index contributed by atoms with van der Waals surface area (Å²) in [5.41, 5.74) is 1.69. The summed E-state index contributed by atoms with van der Waals surface area (Å²) in [7, 11) is 0. The van der Waals surface area contributed by atoms with Crippen LogP contribution in [0, 0.1) is 20.8 Å². The van der Waals surface area contributed by atoms with Crippen LogP contribution in [-0.4, -0.2) is 6.54 Å². The number of hydrogen-bond donors (Lipinski definition) is 1. The number of benzene rings is 1. The first-order valence-corrected chi connectivity index (χ1v) is 9.01. The van der Waals surface area contributed by atoms with Crippen molar-refractivity contribution < 1.29 is 0 Å². The first-order chi connectivity index (χ1) is 9.36. The number of anilines is 1. The molecule has 112 valence electrons. The minimum absolute atomic E-state index is 0.476. The minimum Gasteiger partial charge on any atom is -0.384 e. The van der Waals surface area contributed by atoms with Crippen LogP contribution in [0.25, 0.3) is 0 Å². The molecule has 1 N–H and O–H groups in total. The summed E-state index contributed by atoms with van der Waals surface area (Å²) in [6.07, 6.45) is 5.49. The maximum Gasteiger partial charge on any atom is 0.0477 e. The lowest BCUT2D eigenvalue weighted by Gasteiger charge is -2.37. The summed E-state index contributed by atoms with van der Waals surface area (Å²) in [5.74, 6) is 1.72. The molecule has 1 fully saturated rings. The molecule has 1 nitrogen and oxygen atoms in total. The molecule has 1 aromatic carbocycles. The van der Waals surface area contributed by atoms with Crippen molar-refractivity contribution in [3.8, 4) is 0 Å². The standard InChI is InChI=1S/C17H25ClIN/c1-17(2,3)13-6-4-12(5-7-13)11-20-16-9-8-14(18)10-15(16)19/h8-10,12-13,20H,4-7,11H2,1-3H3. The van der Waals surface area contributed by atoms with Gasteiger partial charge in [0.05, 0.1) is 0 Å². The van der Waals surface area contributed by atoms with Crippen LogP contribution < -0.4 is 5.32 Å². The average molecular weight is 406 g/mol. The van der Waals surface area contributed by atoms with Gasteiger partial charge in [-0.3, -0.25) is 0 Å². The molecule has 0 bridgehead atoms. The molecule has 0 spiro atoms. The fourth-order valence-electron chi connectivity index (χ4n) is 3.12. The summed E-state index contributed by atoms with van der Waals surface area (Å²) < 4.78 is 1.21. The quantitative estimate of drug-likeness (QED) is 0.590. The van der Waals surface area contributed by atoms with Crippen molar-refractivity contribution in [2.24, 2.45) is 17.3 Å². The maximum atomic E-state index is 5.99. The molecule has 0 aromatic heterocycles. The number of rotatable bonds is 3. The maximum absolute atomic E-state index is 5.99. The van der Waals surface area contributed by atoms with E-state index in [1.54, 1.807) is 0 Å². The lowest BCUT2D eigenvalue weighted by atomic mass is 9.70. The van der Waals surface area contributed by atoms with Crippen LogP contribution in [0.3, 0.4) is 0 Å². The van der Waals surface area contributed by atoms with E-state index >= 15 is 0 Å². The third-order valence-electron chi connectivity index (χ3n) is 4.58. The average Bonchev–Trinajstić information content (AvgIpc) is 2.37. The molecule has 20 heavy (non-hydrogen) atoms. The highest BCUT2D eigenvalue weighted by Gasteiger charge is 2.29. The van der Waals surface area contributed by atoms with Crippen LogP contribution in [0.4, 0.5) is 5.69 Å². The third-order valence-corrected chi connectivity index (χ3v) is 5.71. The Morgan fingerprint density at radius 1 is 1.20 bits per heavy atom. The van der Waals surface area contributed by atoms with E-state index in [0.29, 0.717) is 5.41 Å². The summed E-state index contributed by atoms with van der Waals surface area (Å²) in [6.45, 7) is 8.24. The zero-order valence-electron chi connectivity index (χ0n) is 12.7. The minimum atomic E-state index is 0.476. The normalized spacial score (nSPS) is 23.6. The van der Waals surface area contributed by atoms with E-state index in [1.807, 2.05) is 12.1 Å². The lowest BCUT2D eigenvalue weighted by molar-refractivity contribution is 0.153. The van der Waals surface area contributed by atoms with Gasteiger partial charge in [0.1, 0.15) is 0 Å². The van der Waals surface area contributed by atoms with E-state index in [-0.39, 0.29) is 0 Å². The monoisotopic (exact) mass is 405 g/mol. The SMILES string of the molecule is CC(C)(C)C1CCC(CNc2ccc(Cl)cc2I)CC1. The third kappa shape index (κ3) is 4.52. The summed E-state index contributed by atoms with van der Waals surface area (Å²) in [6, 6.07) is 6.06. The molecular weight excluding hydrogens is 381 g/mol. The largest absolute Gasteiger partial charge is 0.384 e. The van der Waals surface area contributed by atoms with Gasteiger partial charge in [-0.25, -0.2) is 0 Å². The second-order valence-electron chi connectivity index (χ2n) is 7.09. The molecule has 0 saturated heterocycles. The van der Waals surface area contributed by atoms with Crippen LogP contribution in [0.5, 0.6) is 0 Å². The van der Waals surface area contributed by atoms with Crippen molar-refractivity contribution >= 4 is 39.9 Å². The number of halogens is 2. The highest BCUT2D eigenvalue weighted by molar-refractivity contribution is 14.1. The molecule has 3 heteroatoms. The molecular formula is C17H25ClIN. The van der Waals surface area contributed by atoms with E-state index < -0.39 is 0 Å². The van der Waals surface area contributed by atoms with Gasteiger partial charge in [-0.05, 0) is 83.7 Å². The summed E-state index contributed by atoms with van der Waals surface area (Å²) >= 11 is 8.34. The molecule has 0 radical (unpaired) electrons. The lowest BCUT2D eigenvalue weighted by Crippen LogP contribution is -2.28. The van der Waals surface area contributed by atoms with Crippen LogP contribution in [-0.2, 0) is 0 Å². The van der Waals surface area contributed by atoms with E-state index in [0.717, 1.165) is 23.4 Å². The molecule has 1 aliphatic carbocycles. The van der Waals surface area contributed by atoms with Gasteiger partial charge >= 0.3 is 0 Å². The first-order valence-electron chi connectivity index (χ1n) is 7.55. The molecule has 1 aliphatic rings. The smallest absolute Gasteiger partial charge is 0.0477 e. The highest BCUT2D eigenvalue weighted by atomic mass is 127. The van der Waals surface area contributed by atoms with Crippen LogP contribution >= 0.6 is 34.2 Å². The van der Waals surface area contributed by atoms with Crippen molar-refractivity contribution in [1.82, 2.24) is 0 Å². The van der Waals surface area contributed by atoms with Gasteiger partial charge in [-0.1, -0.05) is 32.4 Å². The van der Waals surface area contributed by atoms with Crippen molar-refractivity contribution in [2.45, 2.75) is 46.5 Å². The Kier molecular flexibility index (Phi) is 5.63. The van der Waals surface area contributed by atoms with Crippen molar-refractivity contribution in [2.75, 3.05) is 11.9 Å². The van der Waals surface area contributed by atoms with Crippen LogP contribution in [0.15, 0.2) is 18.2 Å². The number of hydrogen-bond acceptors (Lipinski definition) is 1. The van der Waals surface area contributed by atoms with E-state index in [1.165, 1.54) is 34.9 Å². The van der Waals surface area contributed by atoms with Gasteiger partial charge in [0, 0.05) is 20.8 Å².